The van der Waals surface area contributed by atoms with Crippen molar-refractivity contribution in [2.24, 2.45) is 0 Å². The molecule has 0 bridgehead atoms. The molecule has 1 amide bonds. The van der Waals surface area contributed by atoms with E-state index in [0.29, 0.717) is 18.3 Å². The number of carbonyl (C=O) groups is 1. The topological polar surface area (TPSA) is 68.5 Å². The van der Waals surface area contributed by atoms with E-state index in [9.17, 15) is 4.79 Å². The van der Waals surface area contributed by atoms with Crippen molar-refractivity contribution in [1.82, 2.24) is 15.1 Å². The summed E-state index contributed by atoms with van der Waals surface area (Å²) in [5.74, 6) is 1.94. The molecular weight excluding hydrogens is 270 g/mol. The molecule has 1 aromatic carbocycles. The van der Waals surface area contributed by atoms with E-state index in [-0.39, 0.29) is 5.92 Å². The first kappa shape index (κ1) is 13.6. The maximum absolute atomic E-state index is 10.9. The average molecular weight is 287 g/mol. The number of amides is 1. The highest BCUT2D eigenvalue weighted by molar-refractivity contribution is 5.55. The molecule has 3 rings (SSSR count). The Morgan fingerprint density at radius 2 is 2.33 bits per heavy atom. The zero-order chi connectivity index (χ0) is 14.7. The zero-order valence-corrected chi connectivity index (χ0v) is 11.9. The molecule has 1 unspecified atom stereocenters. The number of benzene rings is 1. The molecule has 0 N–H and O–H groups in total. The Hall–Kier alpha value is -2.37. The van der Waals surface area contributed by atoms with Crippen molar-refractivity contribution in [3.05, 3.63) is 30.2 Å². The first-order chi connectivity index (χ1) is 10.3. The fraction of sp³-hybridized carbons (Fsp3) is 0.400. The van der Waals surface area contributed by atoms with E-state index < -0.39 is 0 Å². The van der Waals surface area contributed by atoms with Gasteiger partial charge in [0.1, 0.15) is 5.75 Å². The molecule has 0 aliphatic carbocycles. The molecule has 0 spiro atoms. The van der Waals surface area contributed by atoms with Crippen molar-refractivity contribution in [1.29, 1.82) is 0 Å². The van der Waals surface area contributed by atoms with Crippen LogP contribution in [-0.2, 0) is 4.79 Å². The van der Waals surface area contributed by atoms with Crippen molar-refractivity contribution in [2.75, 3.05) is 20.2 Å². The van der Waals surface area contributed by atoms with Crippen LogP contribution in [0.3, 0.4) is 0 Å². The van der Waals surface area contributed by atoms with E-state index in [0.717, 1.165) is 37.1 Å². The van der Waals surface area contributed by atoms with E-state index in [4.69, 9.17) is 9.15 Å². The molecule has 2 aromatic rings. The molecule has 6 nitrogen and oxygen atoms in total. The van der Waals surface area contributed by atoms with Gasteiger partial charge in [0.2, 0.25) is 18.2 Å². The smallest absolute Gasteiger partial charge is 0.247 e. The minimum Gasteiger partial charge on any atom is -0.497 e. The summed E-state index contributed by atoms with van der Waals surface area (Å²) in [7, 11) is 1.62. The molecule has 1 aliphatic heterocycles. The monoisotopic (exact) mass is 287 g/mol. The summed E-state index contributed by atoms with van der Waals surface area (Å²) >= 11 is 0. The molecule has 2 heterocycles. The summed E-state index contributed by atoms with van der Waals surface area (Å²) in [6, 6.07) is 7.50. The van der Waals surface area contributed by atoms with Crippen LogP contribution in [0.4, 0.5) is 0 Å². The lowest BCUT2D eigenvalue weighted by Crippen LogP contribution is -2.33. The Morgan fingerprint density at radius 3 is 3.14 bits per heavy atom. The summed E-state index contributed by atoms with van der Waals surface area (Å²) < 4.78 is 11.0. The van der Waals surface area contributed by atoms with Crippen LogP contribution >= 0.6 is 0 Å². The summed E-state index contributed by atoms with van der Waals surface area (Å²) in [6.07, 6.45) is 2.80. The van der Waals surface area contributed by atoms with Gasteiger partial charge in [0.05, 0.1) is 13.0 Å². The quantitative estimate of drug-likeness (QED) is 0.805. The second kappa shape index (κ2) is 5.95. The van der Waals surface area contributed by atoms with Gasteiger partial charge in [-0.3, -0.25) is 4.79 Å². The Morgan fingerprint density at radius 1 is 1.43 bits per heavy atom. The third-order valence-corrected chi connectivity index (χ3v) is 3.71. The van der Waals surface area contributed by atoms with Gasteiger partial charge in [-0.2, -0.15) is 0 Å². The minimum absolute atomic E-state index is 0.121. The summed E-state index contributed by atoms with van der Waals surface area (Å²) in [6.45, 7) is 1.44. The standard InChI is InChI=1S/C15H17N3O3/c1-20-13-6-2-4-11(8-13)14-16-17-15(21-14)12-5-3-7-18(9-12)10-19/h2,4,6,8,10,12H,3,5,7,9H2,1H3. The Bertz CT molecular complexity index is 626. The van der Waals surface area contributed by atoms with E-state index in [2.05, 4.69) is 10.2 Å². The summed E-state index contributed by atoms with van der Waals surface area (Å²) in [4.78, 5) is 12.6. The SMILES string of the molecule is COc1cccc(-c2nnc(C3CCCN(C=O)C3)o2)c1. The van der Waals surface area contributed by atoms with Crippen LogP contribution in [0.15, 0.2) is 28.7 Å². The molecule has 1 aliphatic rings. The van der Waals surface area contributed by atoms with Crippen LogP contribution < -0.4 is 4.74 Å². The van der Waals surface area contributed by atoms with Crippen LogP contribution in [0, 0.1) is 0 Å². The summed E-state index contributed by atoms with van der Waals surface area (Å²) in [5.41, 5.74) is 0.830. The van der Waals surface area contributed by atoms with Gasteiger partial charge in [-0.15, -0.1) is 10.2 Å². The third-order valence-electron chi connectivity index (χ3n) is 3.71. The molecule has 1 aromatic heterocycles. The first-order valence-electron chi connectivity index (χ1n) is 6.97. The van der Waals surface area contributed by atoms with Crippen molar-refractivity contribution >= 4 is 6.41 Å². The van der Waals surface area contributed by atoms with E-state index >= 15 is 0 Å². The first-order valence-corrected chi connectivity index (χ1v) is 6.97. The number of methoxy groups -OCH3 is 1. The van der Waals surface area contributed by atoms with Gasteiger partial charge in [0, 0.05) is 18.7 Å². The van der Waals surface area contributed by atoms with Gasteiger partial charge < -0.3 is 14.1 Å². The second-order valence-corrected chi connectivity index (χ2v) is 5.12. The van der Waals surface area contributed by atoms with Crippen LogP contribution in [-0.4, -0.2) is 41.7 Å². The molecule has 6 heteroatoms. The molecular formula is C15H17N3O3. The fourth-order valence-corrected chi connectivity index (χ4v) is 2.58. The van der Waals surface area contributed by atoms with Gasteiger partial charge in [0.25, 0.3) is 0 Å². The van der Waals surface area contributed by atoms with E-state index in [1.54, 1.807) is 12.0 Å². The van der Waals surface area contributed by atoms with E-state index in [1.807, 2.05) is 24.3 Å². The molecule has 21 heavy (non-hydrogen) atoms. The lowest BCUT2D eigenvalue weighted by atomic mass is 9.99. The van der Waals surface area contributed by atoms with Crippen molar-refractivity contribution < 1.29 is 13.9 Å². The van der Waals surface area contributed by atoms with Crippen molar-refractivity contribution in [3.63, 3.8) is 0 Å². The average Bonchev–Trinajstić information content (AvgIpc) is 3.05. The number of hydrogen-bond acceptors (Lipinski definition) is 5. The van der Waals surface area contributed by atoms with Crippen molar-refractivity contribution in [3.8, 4) is 17.2 Å². The summed E-state index contributed by atoms with van der Waals surface area (Å²) in [5, 5.41) is 8.25. The Balaban J connectivity index is 1.80. The number of aromatic nitrogens is 2. The Kier molecular flexibility index (Phi) is 3.85. The lowest BCUT2D eigenvalue weighted by molar-refractivity contribution is -0.119. The number of hydrogen-bond donors (Lipinski definition) is 0. The highest BCUT2D eigenvalue weighted by atomic mass is 16.5. The Labute approximate surface area is 122 Å². The number of nitrogens with zero attached hydrogens (tertiary/aromatic N) is 3. The number of likely N-dealkylation sites (tertiary alicyclic amines) is 1. The van der Waals surface area contributed by atoms with Crippen LogP contribution in [0.25, 0.3) is 11.5 Å². The van der Waals surface area contributed by atoms with Gasteiger partial charge in [0.15, 0.2) is 0 Å². The second-order valence-electron chi connectivity index (χ2n) is 5.12. The predicted octanol–water partition coefficient (Wildman–Crippen LogP) is 2.08. The van der Waals surface area contributed by atoms with Gasteiger partial charge in [-0.1, -0.05) is 6.07 Å². The van der Waals surface area contributed by atoms with Gasteiger partial charge >= 0.3 is 0 Å². The highest BCUT2D eigenvalue weighted by Gasteiger charge is 2.25. The molecule has 1 fully saturated rings. The number of carbonyl (C=O) groups excluding carboxylic acids is 1. The maximum Gasteiger partial charge on any atom is 0.247 e. The molecule has 0 saturated carbocycles. The normalized spacial score (nSPS) is 18.5. The van der Waals surface area contributed by atoms with Crippen LogP contribution in [0.5, 0.6) is 5.75 Å². The zero-order valence-electron chi connectivity index (χ0n) is 11.9. The molecule has 110 valence electrons. The highest BCUT2D eigenvalue weighted by Crippen LogP contribution is 2.29. The predicted molar refractivity (Wildman–Crippen MR) is 75.9 cm³/mol. The van der Waals surface area contributed by atoms with Gasteiger partial charge in [-0.05, 0) is 31.0 Å². The minimum atomic E-state index is 0.121. The van der Waals surface area contributed by atoms with Gasteiger partial charge in [-0.25, -0.2) is 0 Å². The van der Waals surface area contributed by atoms with E-state index in [1.165, 1.54) is 0 Å². The largest absolute Gasteiger partial charge is 0.497 e. The fourth-order valence-electron chi connectivity index (χ4n) is 2.58. The van der Waals surface area contributed by atoms with Crippen molar-refractivity contribution in [2.45, 2.75) is 18.8 Å². The number of ether oxygens (including phenoxy) is 1. The third kappa shape index (κ3) is 2.89. The lowest BCUT2D eigenvalue weighted by Gasteiger charge is -2.27. The molecule has 0 radical (unpaired) electrons. The van der Waals surface area contributed by atoms with Crippen LogP contribution in [0.2, 0.25) is 0 Å². The number of rotatable bonds is 4. The van der Waals surface area contributed by atoms with Crippen LogP contribution in [0.1, 0.15) is 24.7 Å². The number of piperidine rings is 1. The molecule has 1 saturated heterocycles. The molecule has 1 atom stereocenters. The maximum atomic E-state index is 10.9.